The molecule has 1 aromatic rings. The minimum Gasteiger partial charge on any atom is -0.481 e. The zero-order valence-electron chi connectivity index (χ0n) is 10.8. The summed E-state index contributed by atoms with van der Waals surface area (Å²) in [4.78, 5) is 23.3. The highest BCUT2D eigenvalue weighted by molar-refractivity contribution is 8.00. The van der Waals surface area contributed by atoms with Crippen molar-refractivity contribution in [2.24, 2.45) is 5.41 Å². The molecule has 0 bridgehead atoms. The number of carboxylic acids is 1. The lowest BCUT2D eigenvalue weighted by molar-refractivity contribution is -0.146. The average molecular weight is 302 g/mol. The number of rotatable bonds is 6. The SMILES string of the molecule is CC(C)(CNC(=O)CSc1ccccc1Cl)C(=O)O. The van der Waals surface area contributed by atoms with Crippen LogP contribution in [0, 0.1) is 5.41 Å². The van der Waals surface area contributed by atoms with Crippen molar-refractivity contribution in [3.05, 3.63) is 29.3 Å². The molecule has 104 valence electrons. The van der Waals surface area contributed by atoms with Crippen molar-refractivity contribution in [1.82, 2.24) is 5.32 Å². The summed E-state index contributed by atoms with van der Waals surface area (Å²) >= 11 is 7.29. The van der Waals surface area contributed by atoms with E-state index in [1.54, 1.807) is 19.9 Å². The molecular formula is C13H16ClNO3S. The van der Waals surface area contributed by atoms with E-state index in [1.165, 1.54) is 11.8 Å². The first kappa shape index (κ1) is 15.9. The van der Waals surface area contributed by atoms with Crippen molar-refractivity contribution in [1.29, 1.82) is 0 Å². The zero-order valence-corrected chi connectivity index (χ0v) is 12.3. The third kappa shape index (κ3) is 5.12. The number of benzene rings is 1. The molecule has 6 heteroatoms. The van der Waals surface area contributed by atoms with Crippen LogP contribution in [0.25, 0.3) is 0 Å². The average Bonchev–Trinajstić information content (AvgIpc) is 2.35. The molecule has 0 aliphatic carbocycles. The summed E-state index contributed by atoms with van der Waals surface area (Å²) < 4.78 is 0. The summed E-state index contributed by atoms with van der Waals surface area (Å²) in [5.74, 6) is -0.940. The van der Waals surface area contributed by atoms with Gasteiger partial charge in [0.05, 0.1) is 16.2 Å². The minimum absolute atomic E-state index is 0.101. The molecule has 1 rings (SSSR count). The molecule has 1 amide bonds. The molecular weight excluding hydrogens is 286 g/mol. The van der Waals surface area contributed by atoms with Crippen LogP contribution in [0.5, 0.6) is 0 Å². The minimum atomic E-state index is -0.968. The second-order valence-electron chi connectivity index (χ2n) is 4.68. The van der Waals surface area contributed by atoms with Gasteiger partial charge < -0.3 is 10.4 Å². The van der Waals surface area contributed by atoms with E-state index in [4.69, 9.17) is 16.7 Å². The fourth-order valence-electron chi connectivity index (χ4n) is 1.15. The molecule has 0 saturated carbocycles. The van der Waals surface area contributed by atoms with Crippen molar-refractivity contribution in [3.8, 4) is 0 Å². The Balaban J connectivity index is 2.41. The largest absolute Gasteiger partial charge is 0.481 e. The van der Waals surface area contributed by atoms with Crippen molar-refractivity contribution in [2.45, 2.75) is 18.7 Å². The zero-order chi connectivity index (χ0) is 14.5. The third-order valence-corrected chi connectivity index (χ3v) is 4.02. The second-order valence-corrected chi connectivity index (χ2v) is 6.11. The molecule has 2 N–H and O–H groups in total. The van der Waals surface area contributed by atoms with Crippen molar-refractivity contribution < 1.29 is 14.7 Å². The van der Waals surface area contributed by atoms with Crippen LogP contribution in [0.4, 0.5) is 0 Å². The maximum absolute atomic E-state index is 11.6. The van der Waals surface area contributed by atoms with E-state index in [0.29, 0.717) is 5.02 Å². The maximum atomic E-state index is 11.6. The Hall–Kier alpha value is -1.20. The molecule has 0 fully saturated rings. The number of hydrogen-bond acceptors (Lipinski definition) is 3. The number of carbonyl (C=O) groups excluding carboxylic acids is 1. The Kier molecular flexibility index (Phi) is 5.69. The van der Waals surface area contributed by atoms with E-state index in [0.717, 1.165) is 4.90 Å². The predicted octanol–water partition coefficient (Wildman–Crippen LogP) is 2.66. The number of carbonyl (C=O) groups is 2. The van der Waals surface area contributed by atoms with Crippen LogP contribution in [0.3, 0.4) is 0 Å². The van der Waals surface area contributed by atoms with Gasteiger partial charge in [0.25, 0.3) is 0 Å². The fourth-order valence-corrected chi connectivity index (χ4v) is 2.22. The van der Waals surface area contributed by atoms with Gasteiger partial charge >= 0.3 is 5.97 Å². The van der Waals surface area contributed by atoms with Crippen molar-refractivity contribution >= 4 is 35.2 Å². The summed E-state index contributed by atoms with van der Waals surface area (Å²) in [5, 5.41) is 12.1. The first-order valence-electron chi connectivity index (χ1n) is 5.70. The van der Waals surface area contributed by atoms with Crippen molar-refractivity contribution in [3.63, 3.8) is 0 Å². The normalized spacial score (nSPS) is 11.1. The molecule has 4 nitrogen and oxygen atoms in total. The molecule has 0 unspecified atom stereocenters. The molecule has 0 aromatic heterocycles. The first-order chi connectivity index (χ1) is 8.83. The smallest absolute Gasteiger partial charge is 0.310 e. The number of aliphatic carboxylic acids is 1. The van der Waals surface area contributed by atoms with E-state index in [9.17, 15) is 9.59 Å². The summed E-state index contributed by atoms with van der Waals surface area (Å²) in [6.45, 7) is 3.23. The van der Waals surface area contributed by atoms with Crippen LogP contribution in [0.2, 0.25) is 5.02 Å². The van der Waals surface area contributed by atoms with Crippen LogP contribution in [-0.4, -0.2) is 29.3 Å². The maximum Gasteiger partial charge on any atom is 0.310 e. The molecule has 0 heterocycles. The van der Waals surface area contributed by atoms with Gasteiger partial charge in [-0.1, -0.05) is 23.7 Å². The Labute approximate surface area is 121 Å². The monoisotopic (exact) mass is 301 g/mol. The molecule has 0 aliphatic rings. The number of thioether (sulfide) groups is 1. The predicted molar refractivity (Wildman–Crippen MR) is 76.6 cm³/mol. The van der Waals surface area contributed by atoms with Gasteiger partial charge in [-0.25, -0.2) is 0 Å². The standard InChI is InChI=1S/C13H16ClNO3S/c1-13(2,12(17)18)8-15-11(16)7-19-10-6-4-3-5-9(10)14/h3-6H,7-8H2,1-2H3,(H,15,16)(H,17,18). The first-order valence-corrected chi connectivity index (χ1v) is 7.07. The lowest BCUT2D eigenvalue weighted by atomic mass is 9.94. The van der Waals surface area contributed by atoms with Gasteiger partial charge in [-0.15, -0.1) is 11.8 Å². The van der Waals surface area contributed by atoms with E-state index < -0.39 is 11.4 Å². The molecule has 0 radical (unpaired) electrons. The number of amides is 1. The number of nitrogens with one attached hydrogen (secondary N) is 1. The Morgan fingerprint density at radius 2 is 2.00 bits per heavy atom. The van der Waals surface area contributed by atoms with Crippen molar-refractivity contribution in [2.75, 3.05) is 12.3 Å². The molecule has 19 heavy (non-hydrogen) atoms. The molecule has 0 aliphatic heterocycles. The van der Waals surface area contributed by atoms with Crippen LogP contribution in [-0.2, 0) is 9.59 Å². The quantitative estimate of drug-likeness (QED) is 0.793. The Morgan fingerprint density at radius 1 is 1.37 bits per heavy atom. The van der Waals surface area contributed by atoms with Crippen LogP contribution >= 0.6 is 23.4 Å². The topological polar surface area (TPSA) is 66.4 Å². The van der Waals surface area contributed by atoms with E-state index in [1.807, 2.05) is 18.2 Å². The highest BCUT2D eigenvalue weighted by Crippen LogP contribution is 2.26. The molecule has 0 saturated heterocycles. The third-order valence-electron chi connectivity index (χ3n) is 2.50. The lowest BCUT2D eigenvalue weighted by Crippen LogP contribution is -2.39. The summed E-state index contributed by atoms with van der Waals surface area (Å²) in [7, 11) is 0. The molecule has 1 aromatic carbocycles. The molecule has 0 atom stereocenters. The van der Waals surface area contributed by atoms with Gasteiger partial charge in [-0.3, -0.25) is 9.59 Å². The summed E-state index contributed by atoms with van der Waals surface area (Å²) in [5.41, 5.74) is -0.968. The Bertz CT molecular complexity index is 477. The highest BCUT2D eigenvalue weighted by Gasteiger charge is 2.27. The number of carboxylic acid groups (broad SMARTS) is 1. The van der Waals surface area contributed by atoms with Gasteiger partial charge in [-0.2, -0.15) is 0 Å². The van der Waals surface area contributed by atoms with Gasteiger partial charge in [0.1, 0.15) is 0 Å². The van der Waals surface area contributed by atoms with Gasteiger partial charge in [0.15, 0.2) is 0 Å². The lowest BCUT2D eigenvalue weighted by Gasteiger charge is -2.19. The van der Waals surface area contributed by atoms with Crippen LogP contribution in [0.1, 0.15) is 13.8 Å². The molecule has 0 spiro atoms. The number of hydrogen-bond donors (Lipinski definition) is 2. The Morgan fingerprint density at radius 3 is 2.58 bits per heavy atom. The highest BCUT2D eigenvalue weighted by atomic mass is 35.5. The van der Waals surface area contributed by atoms with Gasteiger partial charge in [-0.05, 0) is 26.0 Å². The van der Waals surface area contributed by atoms with E-state index >= 15 is 0 Å². The second kappa shape index (κ2) is 6.82. The van der Waals surface area contributed by atoms with Gasteiger partial charge in [0, 0.05) is 11.4 Å². The van der Waals surface area contributed by atoms with E-state index in [2.05, 4.69) is 5.32 Å². The summed E-state index contributed by atoms with van der Waals surface area (Å²) in [6, 6.07) is 7.26. The van der Waals surface area contributed by atoms with E-state index in [-0.39, 0.29) is 18.2 Å². The number of halogens is 1. The van der Waals surface area contributed by atoms with Crippen LogP contribution < -0.4 is 5.32 Å². The fraction of sp³-hybridized carbons (Fsp3) is 0.385. The van der Waals surface area contributed by atoms with Crippen LogP contribution in [0.15, 0.2) is 29.2 Å². The summed E-state index contributed by atoms with van der Waals surface area (Å²) in [6.07, 6.45) is 0. The van der Waals surface area contributed by atoms with Gasteiger partial charge in [0.2, 0.25) is 5.91 Å².